The fraction of sp³-hybridized carbons (Fsp3) is 0.0714. The van der Waals surface area contributed by atoms with Crippen molar-refractivity contribution in [2.24, 2.45) is 0 Å². The first-order valence-corrected chi connectivity index (χ1v) is 5.64. The van der Waals surface area contributed by atoms with Gasteiger partial charge < -0.3 is 5.11 Å². The van der Waals surface area contributed by atoms with Crippen molar-refractivity contribution >= 4 is 10.8 Å². The van der Waals surface area contributed by atoms with Gasteiger partial charge in [-0.1, -0.05) is 24.3 Å². The van der Waals surface area contributed by atoms with Crippen molar-refractivity contribution in [2.45, 2.75) is 6.61 Å². The van der Waals surface area contributed by atoms with Gasteiger partial charge in [-0.15, -0.1) is 0 Å². The predicted octanol–water partition coefficient (Wildman–Crippen LogP) is 2.18. The normalized spacial score (nSPS) is 10.7. The third kappa shape index (κ3) is 1.83. The van der Waals surface area contributed by atoms with E-state index in [2.05, 4.69) is 15.0 Å². The Balaban J connectivity index is 2.18. The summed E-state index contributed by atoms with van der Waals surface area (Å²) in [5.41, 5.74) is 1.46. The molecule has 1 N–H and O–H groups in total. The zero-order valence-electron chi connectivity index (χ0n) is 9.61. The number of hydrogen-bond donors (Lipinski definition) is 1. The maximum atomic E-state index is 8.98. The van der Waals surface area contributed by atoms with Crippen molar-refractivity contribution in [1.82, 2.24) is 15.0 Å². The van der Waals surface area contributed by atoms with E-state index in [9.17, 15) is 0 Å². The molecule has 0 spiro atoms. The molecule has 0 unspecified atom stereocenters. The minimum Gasteiger partial charge on any atom is -0.392 e. The van der Waals surface area contributed by atoms with Crippen LogP contribution in [-0.4, -0.2) is 20.1 Å². The molecule has 0 radical (unpaired) electrons. The summed E-state index contributed by atoms with van der Waals surface area (Å²) in [7, 11) is 0. The van der Waals surface area contributed by atoms with Gasteiger partial charge in [-0.3, -0.25) is 4.98 Å². The van der Waals surface area contributed by atoms with Gasteiger partial charge in [0.15, 0.2) is 5.82 Å². The molecular formula is C14H11N3O. The molecule has 0 saturated heterocycles. The van der Waals surface area contributed by atoms with Crippen LogP contribution >= 0.6 is 0 Å². The Labute approximate surface area is 104 Å². The van der Waals surface area contributed by atoms with Crippen molar-refractivity contribution in [1.29, 1.82) is 0 Å². The highest BCUT2D eigenvalue weighted by Gasteiger charge is 2.07. The Morgan fingerprint density at radius 3 is 2.50 bits per heavy atom. The second-order valence-electron chi connectivity index (χ2n) is 3.95. The molecule has 0 saturated carbocycles. The van der Waals surface area contributed by atoms with E-state index in [-0.39, 0.29) is 6.61 Å². The quantitative estimate of drug-likeness (QED) is 0.742. The molecule has 4 nitrogen and oxygen atoms in total. The van der Waals surface area contributed by atoms with Crippen LogP contribution in [-0.2, 0) is 6.61 Å². The number of benzene rings is 1. The second-order valence-corrected chi connectivity index (χ2v) is 3.95. The van der Waals surface area contributed by atoms with Gasteiger partial charge in [0.05, 0.1) is 6.61 Å². The number of aliphatic hydroxyl groups is 1. The van der Waals surface area contributed by atoms with E-state index in [1.807, 2.05) is 30.3 Å². The first kappa shape index (κ1) is 10.8. The Hall–Kier alpha value is -2.33. The number of rotatable bonds is 2. The van der Waals surface area contributed by atoms with E-state index in [1.54, 1.807) is 18.6 Å². The number of pyridine rings is 1. The van der Waals surface area contributed by atoms with Crippen molar-refractivity contribution in [3.8, 4) is 11.5 Å². The Kier molecular flexibility index (Phi) is 2.70. The molecule has 0 aliphatic heterocycles. The SMILES string of the molecule is OCc1cnc(-c2nccc3ccccc23)nc1. The molecule has 0 atom stereocenters. The van der Waals surface area contributed by atoms with Crippen molar-refractivity contribution in [3.63, 3.8) is 0 Å². The molecule has 88 valence electrons. The Morgan fingerprint density at radius 1 is 0.944 bits per heavy atom. The van der Waals surface area contributed by atoms with Crippen molar-refractivity contribution in [3.05, 3.63) is 54.5 Å². The van der Waals surface area contributed by atoms with Crippen LogP contribution in [0.15, 0.2) is 48.9 Å². The molecule has 2 aromatic heterocycles. The lowest BCUT2D eigenvalue weighted by Gasteiger charge is -2.04. The number of aliphatic hydroxyl groups excluding tert-OH is 1. The number of fused-ring (bicyclic) bond motifs is 1. The molecule has 0 aliphatic carbocycles. The molecule has 0 aliphatic rings. The van der Waals surface area contributed by atoms with Crippen molar-refractivity contribution < 1.29 is 5.11 Å². The third-order valence-electron chi connectivity index (χ3n) is 2.77. The van der Waals surface area contributed by atoms with Crippen LogP contribution in [0.2, 0.25) is 0 Å². The maximum Gasteiger partial charge on any atom is 0.178 e. The van der Waals surface area contributed by atoms with Crippen LogP contribution in [0.5, 0.6) is 0 Å². The molecule has 18 heavy (non-hydrogen) atoms. The van der Waals surface area contributed by atoms with Crippen LogP contribution < -0.4 is 0 Å². The highest BCUT2D eigenvalue weighted by molar-refractivity contribution is 5.92. The molecule has 1 aromatic carbocycles. The topological polar surface area (TPSA) is 58.9 Å². The molecule has 0 fully saturated rings. The van der Waals surface area contributed by atoms with Crippen LogP contribution in [0, 0.1) is 0 Å². The fourth-order valence-electron chi connectivity index (χ4n) is 1.86. The number of nitrogens with zero attached hydrogens (tertiary/aromatic N) is 3. The minimum absolute atomic E-state index is 0.0523. The van der Waals surface area contributed by atoms with E-state index in [0.717, 1.165) is 16.5 Å². The van der Waals surface area contributed by atoms with Crippen molar-refractivity contribution in [2.75, 3.05) is 0 Å². The minimum atomic E-state index is -0.0523. The largest absolute Gasteiger partial charge is 0.392 e. The standard InChI is InChI=1S/C14H11N3O/c18-9-10-7-16-14(17-8-10)13-12-4-2-1-3-11(12)5-6-15-13/h1-8,18H,9H2. The van der Waals surface area contributed by atoms with Crippen LogP contribution in [0.25, 0.3) is 22.3 Å². The summed E-state index contributed by atoms with van der Waals surface area (Å²) in [5.74, 6) is 0.573. The molecular weight excluding hydrogens is 226 g/mol. The van der Waals surface area contributed by atoms with E-state index in [0.29, 0.717) is 11.4 Å². The van der Waals surface area contributed by atoms with Crippen LogP contribution in [0.4, 0.5) is 0 Å². The van der Waals surface area contributed by atoms with Gasteiger partial charge in [-0.25, -0.2) is 9.97 Å². The lowest BCUT2D eigenvalue weighted by Crippen LogP contribution is -1.94. The highest BCUT2D eigenvalue weighted by atomic mass is 16.3. The monoisotopic (exact) mass is 237 g/mol. The first-order valence-electron chi connectivity index (χ1n) is 5.64. The highest BCUT2D eigenvalue weighted by Crippen LogP contribution is 2.23. The second kappa shape index (κ2) is 4.50. The van der Waals surface area contributed by atoms with Gasteiger partial charge in [0.1, 0.15) is 5.69 Å². The summed E-state index contributed by atoms with van der Waals surface area (Å²) in [6, 6.07) is 9.95. The Bertz CT molecular complexity index is 675. The molecule has 0 amide bonds. The first-order chi connectivity index (χ1) is 8.88. The maximum absolute atomic E-state index is 8.98. The summed E-state index contributed by atoms with van der Waals surface area (Å²) in [5, 5.41) is 11.1. The summed E-state index contributed by atoms with van der Waals surface area (Å²) < 4.78 is 0. The zero-order valence-corrected chi connectivity index (χ0v) is 9.61. The smallest absolute Gasteiger partial charge is 0.178 e. The summed E-state index contributed by atoms with van der Waals surface area (Å²) in [6.07, 6.45) is 4.98. The van der Waals surface area contributed by atoms with Crippen LogP contribution in [0.1, 0.15) is 5.56 Å². The third-order valence-corrected chi connectivity index (χ3v) is 2.77. The summed E-state index contributed by atoms with van der Waals surface area (Å²) in [6.45, 7) is -0.0523. The van der Waals surface area contributed by atoms with E-state index in [4.69, 9.17) is 5.11 Å². The van der Waals surface area contributed by atoms with Crippen LogP contribution in [0.3, 0.4) is 0 Å². The zero-order chi connectivity index (χ0) is 12.4. The van der Waals surface area contributed by atoms with Gasteiger partial charge >= 0.3 is 0 Å². The lowest BCUT2D eigenvalue weighted by molar-refractivity contribution is 0.281. The van der Waals surface area contributed by atoms with Gasteiger partial charge in [0.2, 0.25) is 0 Å². The van der Waals surface area contributed by atoms with E-state index in [1.165, 1.54) is 0 Å². The Morgan fingerprint density at radius 2 is 1.72 bits per heavy atom. The van der Waals surface area contributed by atoms with E-state index >= 15 is 0 Å². The van der Waals surface area contributed by atoms with Gasteiger partial charge in [0.25, 0.3) is 0 Å². The van der Waals surface area contributed by atoms with Gasteiger partial charge in [-0.2, -0.15) is 0 Å². The predicted molar refractivity (Wildman–Crippen MR) is 68.7 cm³/mol. The number of hydrogen-bond acceptors (Lipinski definition) is 4. The molecule has 3 rings (SSSR count). The fourth-order valence-corrected chi connectivity index (χ4v) is 1.86. The molecule has 0 bridgehead atoms. The van der Waals surface area contributed by atoms with Gasteiger partial charge in [0, 0.05) is 29.5 Å². The van der Waals surface area contributed by atoms with Gasteiger partial charge in [-0.05, 0) is 11.5 Å². The molecule has 2 heterocycles. The average Bonchev–Trinajstić information content (AvgIpc) is 2.47. The lowest BCUT2D eigenvalue weighted by atomic mass is 10.1. The molecule has 3 aromatic rings. The average molecular weight is 237 g/mol. The summed E-state index contributed by atoms with van der Waals surface area (Å²) >= 11 is 0. The summed E-state index contributed by atoms with van der Waals surface area (Å²) in [4.78, 5) is 12.8. The molecule has 4 heteroatoms. The number of aromatic nitrogens is 3. The van der Waals surface area contributed by atoms with E-state index < -0.39 is 0 Å².